The van der Waals surface area contributed by atoms with Gasteiger partial charge in [0.1, 0.15) is 0 Å². The Balaban J connectivity index is 2.02. The molecular weight excluding hydrogens is 286 g/mol. The number of rotatable bonds is 4. The molecule has 2 fully saturated rings. The summed E-state index contributed by atoms with van der Waals surface area (Å²) in [7, 11) is -3.04. The van der Waals surface area contributed by atoms with E-state index in [9.17, 15) is 8.42 Å². The van der Waals surface area contributed by atoms with Crippen LogP contribution >= 0.6 is 0 Å². The number of nitrogens with one attached hydrogen (secondary N) is 1. The van der Waals surface area contributed by atoms with Crippen LogP contribution in [0.3, 0.4) is 0 Å². The Kier molecular flexibility index (Phi) is 5.34. The largest absolute Gasteiger partial charge is 0.311 e. The van der Waals surface area contributed by atoms with Gasteiger partial charge in [-0.05, 0) is 39.0 Å². The van der Waals surface area contributed by atoms with E-state index in [2.05, 4.69) is 31.0 Å². The molecule has 2 aliphatic heterocycles. The van der Waals surface area contributed by atoms with Crippen LogP contribution in [0.15, 0.2) is 0 Å². The number of hydrogen-bond donors (Lipinski definition) is 1. The maximum absolute atomic E-state index is 11.8. The van der Waals surface area contributed by atoms with Gasteiger partial charge < -0.3 is 5.32 Å². The maximum Gasteiger partial charge on any atom is 0.211 e. The van der Waals surface area contributed by atoms with Gasteiger partial charge in [0, 0.05) is 44.3 Å². The van der Waals surface area contributed by atoms with E-state index in [4.69, 9.17) is 0 Å². The van der Waals surface area contributed by atoms with Crippen LogP contribution in [0.1, 0.15) is 40.0 Å². The molecule has 0 spiro atoms. The van der Waals surface area contributed by atoms with E-state index in [0.29, 0.717) is 25.0 Å². The quantitative estimate of drug-likeness (QED) is 0.844. The number of sulfonamides is 1. The standard InChI is InChI=1S/C15H31N3O2S/c1-5-15(3)12-16-13(2)9-17(15)10-14-7-6-8-18(11-14)21(4,19)20/h13-14,16H,5-12H2,1-4H3. The molecule has 3 atom stereocenters. The third-order valence-corrected chi connectivity index (χ3v) is 6.55. The number of piperidine rings is 1. The van der Waals surface area contributed by atoms with Crippen molar-refractivity contribution in [2.45, 2.75) is 51.6 Å². The van der Waals surface area contributed by atoms with E-state index >= 15 is 0 Å². The van der Waals surface area contributed by atoms with Gasteiger partial charge in [0.15, 0.2) is 0 Å². The van der Waals surface area contributed by atoms with Crippen molar-refractivity contribution in [3.05, 3.63) is 0 Å². The van der Waals surface area contributed by atoms with Crippen molar-refractivity contribution in [1.82, 2.24) is 14.5 Å². The van der Waals surface area contributed by atoms with Gasteiger partial charge in [0.05, 0.1) is 6.26 Å². The average Bonchev–Trinajstić information content (AvgIpc) is 2.42. The molecule has 2 saturated heterocycles. The molecule has 0 amide bonds. The first-order valence-electron chi connectivity index (χ1n) is 8.18. The van der Waals surface area contributed by atoms with Crippen LogP contribution in [0.2, 0.25) is 0 Å². The maximum atomic E-state index is 11.8. The average molecular weight is 317 g/mol. The summed E-state index contributed by atoms with van der Waals surface area (Å²) in [5, 5.41) is 3.58. The predicted octanol–water partition coefficient (Wildman–Crippen LogP) is 1.12. The van der Waals surface area contributed by atoms with Gasteiger partial charge in [-0.1, -0.05) is 6.92 Å². The first kappa shape index (κ1) is 17.2. The summed E-state index contributed by atoms with van der Waals surface area (Å²) in [6.45, 7) is 11.3. The lowest BCUT2D eigenvalue weighted by atomic mass is 9.89. The van der Waals surface area contributed by atoms with Crippen molar-refractivity contribution in [3.8, 4) is 0 Å². The van der Waals surface area contributed by atoms with Gasteiger partial charge >= 0.3 is 0 Å². The zero-order chi connectivity index (χ0) is 15.7. The van der Waals surface area contributed by atoms with Crippen LogP contribution in [0.5, 0.6) is 0 Å². The van der Waals surface area contributed by atoms with Gasteiger partial charge in [0.2, 0.25) is 10.0 Å². The van der Waals surface area contributed by atoms with E-state index in [0.717, 1.165) is 38.9 Å². The van der Waals surface area contributed by atoms with Crippen molar-refractivity contribution in [2.75, 3.05) is 39.0 Å². The van der Waals surface area contributed by atoms with E-state index in [1.54, 1.807) is 4.31 Å². The highest BCUT2D eigenvalue weighted by Gasteiger charge is 2.37. The van der Waals surface area contributed by atoms with Gasteiger partial charge in [-0.15, -0.1) is 0 Å². The molecule has 21 heavy (non-hydrogen) atoms. The Morgan fingerprint density at radius 1 is 1.33 bits per heavy atom. The monoisotopic (exact) mass is 317 g/mol. The summed E-state index contributed by atoms with van der Waals surface area (Å²) in [4.78, 5) is 2.59. The van der Waals surface area contributed by atoms with E-state index in [-0.39, 0.29) is 5.54 Å². The predicted molar refractivity (Wildman–Crippen MR) is 86.9 cm³/mol. The molecular formula is C15H31N3O2S. The summed E-state index contributed by atoms with van der Waals surface area (Å²) in [5.41, 5.74) is 0.194. The minimum Gasteiger partial charge on any atom is -0.311 e. The Hall–Kier alpha value is -0.170. The Morgan fingerprint density at radius 3 is 2.67 bits per heavy atom. The topological polar surface area (TPSA) is 52.6 Å². The number of hydrogen-bond acceptors (Lipinski definition) is 4. The lowest BCUT2D eigenvalue weighted by molar-refractivity contribution is 0.0302. The molecule has 0 saturated carbocycles. The molecule has 6 heteroatoms. The van der Waals surface area contributed by atoms with Crippen molar-refractivity contribution in [1.29, 1.82) is 0 Å². The second-order valence-electron chi connectivity index (χ2n) is 7.17. The second kappa shape index (κ2) is 6.52. The highest BCUT2D eigenvalue weighted by atomic mass is 32.2. The third kappa shape index (κ3) is 4.18. The molecule has 2 rings (SSSR count). The molecule has 0 aromatic carbocycles. The number of piperazine rings is 1. The van der Waals surface area contributed by atoms with Crippen molar-refractivity contribution in [2.24, 2.45) is 5.92 Å². The minimum absolute atomic E-state index is 0.194. The fraction of sp³-hybridized carbons (Fsp3) is 1.00. The van der Waals surface area contributed by atoms with Gasteiger partial charge in [-0.25, -0.2) is 12.7 Å². The van der Waals surface area contributed by atoms with Crippen molar-refractivity contribution >= 4 is 10.0 Å². The fourth-order valence-electron chi connectivity index (χ4n) is 3.55. The van der Waals surface area contributed by atoms with Crippen LogP contribution in [0.4, 0.5) is 0 Å². The van der Waals surface area contributed by atoms with Gasteiger partial charge in [0.25, 0.3) is 0 Å². The molecule has 1 N–H and O–H groups in total. The van der Waals surface area contributed by atoms with Crippen LogP contribution in [0.25, 0.3) is 0 Å². The first-order valence-corrected chi connectivity index (χ1v) is 10.0. The number of nitrogens with zero attached hydrogens (tertiary/aromatic N) is 2. The summed E-state index contributed by atoms with van der Waals surface area (Å²) < 4.78 is 25.2. The third-order valence-electron chi connectivity index (χ3n) is 5.28. The first-order chi connectivity index (χ1) is 9.74. The van der Waals surface area contributed by atoms with Gasteiger partial charge in [-0.3, -0.25) is 4.90 Å². The van der Waals surface area contributed by atoms with Crippen molar-refractivity contribution < 1.29 is 8.42 Å². The van der Waals surface area contributed by atoms with E-state index in [1.165, 1.54) is 6.26 Å². The summed E-state index contributed by atoms with van der Waals surface area (Å²) >= 11 is 0. The Morgan fingerprint density at radius 2 is 2.05 bits per heavy atom. The smallest absolute Gasteiger partial charge is 0.211 e. The van der Waals surface area contributed by atoms with Crippen LogP contribution < -0.4 is 5.32 Å². The lowest BCUT2D eigenvalue weighted by Gasteiger charge is -2.49. The van der Waals surface area contributed by atoms with E-state index < -0.39 is 10.0 Å². The molecule has 0 aromatic rings. The summed E-state index contributed by atoms with van der Waals surface area (Å²) in [6.07, 6.45) is 4.58. The SMILES string of the molecule is CCC1(C)CNC(C)CN1CC1CCCN(S(C)(=O)=O)C1. The van der Waals surface area contributed by atoms with Crippen LogP contribution in [-0.4, -0.2) is 68.2 Å². The minimum atomic E-state index is -3.04. The van der Waals surface area contributed by atoms with Crippen LogP contribution in [-0.2, 0) is 10.0 Å². The molecule has 2 aliphatic rings. The highest BCUT2D eigenvalue weighted by molar-refractivity contribution is 7.88. The zero-order valence-corrected chi connectivity index (χ0v) is 14.7. The van der Waals surface area contributed by atoms with E-state index in [1.807, 2.05) is 0 Å². The molecule has 2 heterocycles. The normalized spacial score (nSPS) is 36.8. The summed E-state index contributed by atoms with van der Waals surface area (Å²) in [6, 6.07) is 0.513. The fourth-order valence-corrected chi connectivity index (χ4v) is 4.50. The highest BCUT2D eigenvalue weighted by Crippen LogP contribution is 2.27. The molecule has 124 valence electrons. The summed E-state index contributed by atoms with van der Waals surface area (Å²) in [5.74, 6) is 0.463. The molecule has 5 nitrogen and oxygen atoms in total. The molecule has 0 bridgehead atoms. The van der Waals surface area contributed by atoms with Crippen molar-refractivity contribution in [3.63, 3.8) is 0 Å². The molecule has 0 radical (unpaired) electrons. The molecule has 0 aromatic heterocycles. The Labute approximate surface area is 130 Å². The van der Waals surface area contributed by atoms with Gasteiger partial charge in [-0.2, -0.15) is 0 Å². The Bertz CT molecular complexity index is 454. The molecule has 0 aliphatic carbocycles. The second-order valence-corrected chi connectivity index (χ2v) is 9.15. The lowest BCUT2D eigenvalue weighted by Crippen LogP contribution is -2.63. The zero-order valence-electron chi connectivity index (χ0n) is 13.9. The molecule has 3 unspecified atom stereocenters. The van der Waals surface area contributed by atoms with Crippen LogP contribution in [0, 0.1) is 5.92 Å².